The number of nitrogens with zero attached hydrogens (tertiary/aromatic N) is 2. The number of aliphatic hydroxyl groups is 1. The number of hydrogen-bond acceptors (Lipinski definition) is 4. The maximum Gasteiger partial charge on any atom is 0.257 e. The van der Waals surface area contributed by atoms with Gasteiger partial charge >= 0.3 is 0 Å². The molecule has 1 aromatic heterocycles. The highest BCUT2D eigenvalue weighted by molar-refractivity contribution is 6.34. The Hall–Kier alpha value is -2.90. The van der Waals surface area contributed by atoms with Gasteiger partial charge in [0.2, 0.25) is 5.91 Å². The molecule has 8 heteroatoms. The number of aryl methyl sites for hydroxylation is 1. The summed E-state index contributed by atoms with van der Waals surface area (Å²) in [5.74, 6) is -0.619. The number of hydrogen-bond donors (Lipinski definition) is 3. The topological polar surface area (TPSA) is 96.3 Å². The Bertz CT molecular complexity index is 1090. The van der Waals surface area contributed by atoms with Gasteiger partial charge in [-0.15, -0.1) is 0 Å². The predicted octanol–water partition coefficient (Wildman–Crippen LogP) is 3.60. The number of carbonyl (C=O) groups is 2. The van der Waals surface area contributed by atoms with Gasteiger partial charge in [0, 0.05) is 18.5 Å². The van der Waals surface area contributed by atoms with Crippen molar-refractivity contribution < 1.29 is 14.7 Å². The molecule has 1 heterocycles. The normalized spacial score (nSPS) is 11.5. The maximum absolute atomic E-state index is 12.9. The van der Waals surface area contributed by atoms with Crippen molar-refractivity contribution in [3.8, 4) is 0 Å². The minimum absolute atomic E-state index is 0.221. The molecule has 3 aromatic rings. The first kappa shape index (κ1) is 21.8. The fraction of sp³-hybridized carbons (Fsp3) is 0.318. The minimum atomic E-state index is -0.881. The summed E-state index contributed by atoms with van der Waals surface area (Å²) in [5, 5.41) is 20.5. The number of benzene rings is 2. The van der Waals surface area contributed by atoms with Crippen molar-refractivity contribution in [2.75, 3.05) is 11.9 Å². The average molecular weight is 429 g/mol. The number of carbonyl (C=O) groups excluding carboxylic acids is 2. The molecule has 158 valence electrons. The van der Waals surface area contributed by atoms with Crippen LogP contribution in [-0.4, -0.2) is 33.3 Å². The van der Waals surface area contributed by atoms with Crippen LogP contribution in [0, 0.1) is 5.41 Å². The van der Waals surface area contributed by atoms with Gasteiger partial charge in [0.15, 0.2) is 0 Å². The standard InChI is InChI=1S/C22H25ClN4O3/c1-4-27-19-7-5-6-18(16(19)12-25-27)26-20(29)15-10-14(8-9-17(15)23)11-24-21(30)22(2,3)13-28/h5-10,12,28H,4,11,13H2,1-3H3,(H,24,30)(H,26,29). The first-order valence-electron chi connectivity index (χ1n) is 9.70. The van der Waals surface area contributed by atoms with Crippen molar-refractivity contribution in [3.05, 3.63) is 58.7 Å². The summed E-state index contributed by atoms with van der Waals surface area (Å²) >= 11 is 6.26. The van der Waals surface area contributed by atoms with E-state index in [1.165, 1.54) is 0 Å². The van der Waals surface area contributed by atoms with Gasteiger partial charge in [0.25, 0.3) is 5.91 Å². The fourth-order valence-electron chi connectivity index (χ4n) is 3.00. The maximum atomic E-state index is 12.9. The van der Waals surface area contributed by atoms with E-state index in [4.69, 9.17) is 11.6 Å². The summed E-state index contributed by atoms with van der Waals surface area (Å²) in [6.45, 7) is 6.01. The van der Waals surface area contributed by atoms with Crippen molar-refractivity contribution in [1.82, 2.24) is 15.1 Å². The first-order valence-corrected chi connectivity index (χ1v) is 10.1. The second-order valence-corrected chi connectivity index (χ2v) is 8.10. The molecule has 2 aromatic carbocycles. The van der Waals surface area contributed by atoms with Crippen LogP contribution in [0.3, 0.4) is 0 Å². The highest BCUT2D eigenvalue weighted by atomic mass is 35.5. The molecule has 0 fully saturated rings. The zero-order chi connectivity index (χ0) is 21.9. The van der Waals surface area contributed by atoms with Crippen LogP contribution in [0.1, 0.15) is 36.7 Å². The monoisotopic (exact) mass is 428 g/mol. The summed E-state index contributed by atoms with van der Waals surface area (Å²) < 4.78 is 1.86. The van der Waals surface area contributed by atoms with Crippen LogP contribution < -0.4 is 10.6 Å². The predicted molar refractivity (Wildman–Crippen MR) is 118 cm³/mol. The van der Waals surface area contributed by atoms with E-state index in [0.29, 0.717) is 16.3 Å². The quantitative estimate of drug-likeness (QED) is 0.535. The van der Waals surface area contributed by atoms with E-state index >= 15 is 0 Å². The lowest BCUT2D eigenvalue weighted by Crippen LogP contribution is -2.38. The Kier molecular flexibility index (Phi) is 6.43. The smallest absolute Gasteiger partial charge is 0.257 e. The molecular weight excluding hydrogens is 404 g/mol. The number of anilines is 1. The molecule has 0 atom stereocenters. The summed E-state index contributed by atoms with van der Waals surface area (Å²) in [6, 6.07) is 10.7. The molecule has 7 nitrogen and oxygen atoms in total. The van der Waals surface area contributed by atoms with E-state index in [2.05, 4.69) is 15.7 Å². The van der Waals surface area contributed by atoms with Crippen molar-refractivity contribution in [3.63, 3.8) is 0 Å². The van der Waals surface area contributed by atoms with E-state index in [1.54, 1.807) is 38.2 Å². The zero-order valence-electron chi connectivity index (χ0n) is 17.2. The van der Waals surface area contributed by atoms with Crippen LogP contribution >= 0.6 is 11.6 Å². The highest BCUT2D eigenvalue weighted by Crippen LogP contribution is 2.25. The summed E-state index contributed by atoms with van der Waals surface area (Å²) in [6.07, 6.45) is 1.73. The van der Waals surface area contributed by atoms with Gasteiger partial charge in [-0.25, -0.2) is 0 Å². The number of rotatable bonds is 7. The van der Waals surface area contributed by atoms with E-state index in [-0.39, 0.29) is 25.0 Å². The molecule has 30 heavy (non-hydrogen) atoms. The number of fused-ring (bicyclic) bond motifs is 1. The molecule has 0 aliphatic heterocycles. The van der Waals surface area contributed by atoms with E-state index < -0.39 is 5.41 Å². The van der Waals surface area contributed by atoms with Crippen molar-refractivity contribution in [2.45, 2.75) is 33.9 Å². The largest absolute Gasteiger partial charge is 0.395 e. The molecule has 0 saturated heterocycles. The third-order valence-electron chi connectivity index (χ3n) is 4.97. The van der Waals surface area contributed by atoms with Crippen LogP contribution in [0.15, 0.2) is 42.6 Å². The molecule has 0 unspecified atom stereocenters. The second kappa shape index (κ2) is 8.85. The molecule has 2 amide bonds. The Balaban J connectivity index is 1.79. The van der Waals surface area contributed by atoms with Crippen molar-refractivity contribution >= 4 is 40.0 Å². The van der Waals surface area contributed by atoms with Crippen LogP contribution in [0.5, 0.6) is 0 Å². The minimum Gasteiger partial charge on any atom is -0.395 e. The number of aromatic nitrogens is 2. The molecule has 3 rings (SSSR count). The molecule has 0 spiro atoms. The van der Waals surface area contributed by atoms with Crippen molar-refractivity contribution in [1.29, 1.82) is 0 Å². The summed E-state index contributed by atoms with van der Waals surface area (Å²) in [4.78, 5) is 25.1. The van der Waals surface area contributed by atoms with Gasteiger partial charge in [-0.05, 0) is 50.6 Å². The molecule has 0 aliphatic rings. The van der Waals surface area contributed by atoms with E-state index in [9.17, 15) is 14.7 Å². The van der Waals surface area contributed by atoms with Crippen molar-refractivity contribution in [2.24, 2.45) is 5.41 Å². The van der Waals surface area contributed by atoms with Gasteiger partial charge in [-0.1, -0.05) is 23.7 Å². The highest BCUT2D eigenvalue weighted by Gasteiger charge is 2.26. The zero-order valence-corrected chi connectivity index (χ0v) is 18.0. The lowest BCUT2D eigenvalue weighted by atomic mass is 9.93. The van der Waals surface area contributed by atoms with Crippen LogP contribution in [-0.2, 0) is 17.9 Å². The summed E-state index contributed by atoms with van der Waals surface area (Å²) in [5.41, 5.74) is 1.74. The first-order chi connectivity index (χ1) is 14.3. The lowest BCUT2D eigenvalue weighted by Gasteiger charge is -2.20. The third-order valence-corrected chi connectivity index (χ3v) is 5.30. The fourth-order valence-corrected chi connectivity index (χ4v) is 3.21. The number of halogens is 1. The molecule has 0 radical (unpaired) electrons. The Morgan fingerprint density at radius 2 is 2.00 bits per heavy atom. The SMILES string of the molecule is CCn1ncc2c(NC(=O)c3cc(CNC(=O)C(C)(C)CO)ccc3Cl)cccc21. The van der Waals surface area contributed by atoms with E-state index in [1.807, 2.05) is 29.8 Å². The molecular formula is C22H25ClN4O3. The Morgan fingerprint density at radius 3 is 2.70 bits per heavy atom. The van der Waals surface area contributed by atoms with Gasteiger partial charge in [0.05, 0.1) is 40.0 Å². The lowest BCUT2D eigenvalue weighted by molar-refractivity contribution is -0.131. The Morgan fingerprint density at radius 1 is 1.23 bits per heavy atom. The van der Waals surface area contributed by atoms with Crippen LogP contribution in [0.2, 0.25) is 5.02 Å². The average Bonchev–Trinajstić information content (AvgIpc) is 3.17. The Labute approximate surface area is 180 Å². The van der Waals surface area contributed by atoms with Gasteiger partial charge in [-0.2, -0.15) is 5.10 Å². The number of nitrogens with one attached hydrogen (secondary N) is 2. The molecule has 0 aliphatic carbocycles. The van der Waals surface area contributed by atoms with Gasteiger partial charge in [-0.3, -0.25) is 14.3 Å². The molecule has 0 bridgehead atoms. The van der Waals surface area contributed by atoms with Crippen LogP contribution in [0.25, 0.3) is 10.9 Å². The third kappa shape index (κ3) is 4.47. The number of amides is 2. The van der Waals surface area contributed by atoms with Crippen LogP contribution in [0.4, 0.5) is 5.69 Å². The second-order valence-electron chi connectivity index (χ2n) is 7.69. The van der Waals surface area contributed by atoms with E-state index in [0.717, 1.165) is 23.0 Å². The van der Waals surface area contributed by atoms with Gasteiger partial charge < -0.3 is 15.7 Å². The number of aliphatic hydroxyl groups excluding tert-OH is 1. The van der Waals surface area contributed by atoms with Gasteiger partial charge in [0.1, 0.15) is 0 Å². The molecule has 3 N–H and O–H groups in total. The molecule has 0 saturated carbocycles. The summed E-state index contributed by atoms with van der Waals surface area (Å²) in [7, 11) is 0.